The van der Waals surface area contributed by atoms with Crippen LogP contribution in [0.4, 0.5) is 0 Å². The number of carbonyl (C=O) groups excluding carboxylic acids is 1. The molecule has 0 bridgehead atoms. The van der Waals surface area contributed by atoms with Gasteiger partial charge in [0.1, 0.15) is 17.1 Å². The van der Waals surface area contributed by atoms with Crippen LogP contribution in [0.3, 0.4) is 0 Å². The number of aryl methyl sites for hydroxylation is 2. The number of H-pyrrole nitrogens is 1. The van der Waals surface area contributed by atoms with Crippen LogP contribution in [0.5, 0.6) is 5.75 Å². The number of amides is 1. The van der Waals surface area contributed by atoms with Crippen LogP contribution in [0.15, 0.2) is 70.1 Å². The van der Waals surface area contributed by atoms with Gasteiger partial charge in [-0.15, -0.1) is 0 Å². The molecule has 2 heterocycles. The van der Waals surface area contributed by atoms with Crippen LogP contribution in [0, 0.1) is 12.3 Å². The second-order valence-corrected chi connectivity index (χ2v) is 11.4. The molecule has 204 valence electrons. The number of furan rings is 1. The SMILES string of the molecule is Cc1ccc2[nH]c3c(c2c1Cl)CC(C=NC(=O)c1cc(-c2cc4ccccc4o2)ccc1OC(C)C)(CO)CC3. The summed E-state index contributed by atoms with van der Waals surface area (Å²) in [6, 6.07) is 19.2. The maximum absolute atomic E-state index is 13.6. The highest BCUT2D eigenvalue weighted by molar-refractivity contribution is 6.36. The van der Waals surface area contributed by atoms with Crippen molar-refractivity contribution in [2.24, 2.45) is 10.4 Å². The molecule has 40 heavy (non-hydrogen) atoms. The number of nitrogens with zero attached hydrogens (tertiary/aromatic N) is 1. The molecule has 0 saturated carbocycles. The summed E-state index contributed by atoms with van der Waals surface area (Å²) in [5, 5.41) is 13.2. The molecule has 6 nitrogen and oxygen atoms in total. The van der Waals surface area contributed by atoms with Crippen LogP contribution in [0.25, 0.3) is 33.2 Å². The van der Waals surface area contributed by atoms with Crippen LogP contribution in [-0.4, -0.2) is 34.9 Å². The number of fused-ring (bicyclic) bond motifs is 4. The number of rotatable bonds is 6. The molecule has 5 aromatic rings. The van der Waals surface area contributed by atoms with Gasteiger partial charge in [-0.05, 0) is 87.6 Å². The fraction of sp³-hybridized carbons (Fsp3) is 0.273. The van der Waals surface area contributed by atoms with Gasteiger partial charge >= 0.3 is 0 Å². The molecule has 1 aliphatic carbocycles. The first-order chi connectivity index (χ1) is 19.3. The number of ether oxygens (including phenoxy) is 1. The van der Waals surface area contributed by atoms with E-state index in [1.165, 1.54) is 0 Å². The Bertz CT molecular complexity index is 1750. The first-order valence-corrected chi connectivity index (χ1v) is 13.9. The molecular weight excluding hydrogens is 524 g/mol. The average molecular weight is 555 g/mol. The number of para-hydroxylation sites is 1. The predicted molar refractivity (Wildman–Crippen MR) is 160 cm³/mol. The van der Waals surface area contributed by atoms with E-state index >= 15 is 0 Å². The molecule has 2 N–H and O–H groups in total. The number of carbonyl (C=O) groups is 1. The first-order valence-electron chi connectivity index (χ1n) is 13.6. The molecule has 1 amide bonds. The zero-order valence-electron chi connectivity index (χ0n) is 22.8. The van der Waals surface area contributed by atoms with Crippen LogP contribution < -0.4 is 4.74 Å². The van der Waals surface area contributed by atoms with Crippen molar-refractivity contribution in [1.29, 1.82) is 0 Å². The van der Waals surface area contributed by atoms with Crippen molar-refractivity contribution < 1.29 is 19.1 Å². The Balaban J connectivity index is 1.35. The van der Waals surface area contributed by atoms with Crippen molar-refractivity contribution in [3.8, 4) is 17.1 Å². The van der Waals surface area contributed by atoms with Gasteiger partial charge in [-0.3, -0.25) is 4.79 Å². The van der Waals surface area contributed by atoms with Gasteiger partial charge in [-0.1, -0.05) is 35.9 Å². The van der Waals surface area contributed by atoms with Gasteiger partial charge < -0.3 is 19.2 Å². The molecule has 2 aromatic heterocycles. The summed E-state index contributed by atoms with van der Waals surface area (Å²) in [7, 11) is 0. The summed E-state index contributed by atoms with van der Waals surface area (Å²) in [5.74, 6) is 0.688. The molecule has 3 aromatic carbocycles. The number of hydrogen-bond acceptors (Lipinski definition) is 4. The Kier molecular flexibility index (Phi) is 6.77. The minimum absolute atomic E-state index is 0.122. The van der Waals surface area contributed by atoms with Crippen LogP contribution in [-0.2, 0) is 12.8 Å². The van der Waals surface area contributed by atoms with E-state index in [0.717, 1.165) is 55.7 Å². The second-order valence-electron chi connectivity index (χ2n) is 11.0. The minimum atomic E-state index is -0.680. The topological polar surface area (TPSA) is 87.8 Å². The van der Waals surface area contributed by atoms with Gasteiger partial charge in [0.25, 0.3) is 5.91 Å². The largest absolute Gasteiger partial charge is 0.490 e. The van der Waals surface area contributed by atoms with E-state index in [1.54, 1.807) is 18.3 Å². The van der Waals surface area contributed by atoms with E-state index in [2.05, 4.69) is 9.98 Å². The fourth-order valence-corrected chi connectivity index (χ4v) is 5.85. The lowest BCUT2D eigenvalue weighted by Gasteiger charge is -2.32. The normalized spacial score (nSPS) is 17.2. The Hall–Kier alpha value is -3.87. The average Bonchev–Trinajstić information content (AvgIpc) is 3.55. The van der Waals surface area contributed by atoms with Gasteiger partial charge in [-0.2, -0.15) is 0 Å². The third-order valence-corrected chi connectivity index (χ3v) is 8.23. The van der Waals surface area contributed by atoms with Crippen molar-refractivity contribution in [3.05, 3.63) is 88.1 Å². The summed E-state index contributed by atoms with van der Waals surface area (Å²) in [6.45, 7) is 5.69. The van der Waals surface area contributed by atoms with Gasteiger partial charge in [-0.25, -0.2) is 4.99 Å². The van der Waals surface area contributed by atoms with Crippen LogP contribution >= 0.6 is 11.6 Å². The lowest BCUT2D eigenvalue weighted by atomic mass is 9.74. The summed E-state index contributed by atoms with van der Waals surface area (Å²) in [4.78, 5) is 21.5. The standard InChI is InChI=1S/C33H31ClN2O4/c1-19(2)39-28-11-9-22(29-15-21-6-4-5-7-27(21)40-29)14-23(28)32(38)35-17-33(18-37)13-12-25-24(16-33)30-26(36-25)10-8-20(3)31(30)34/h4-11,14-15,17,19,36-37H,12-13,16,18H2,1-3H3. The number of hydrogen-bond donors (Lipinski definition) is 2. The molecule has 0 aliphatic heterocycles. The third-order valence-electron chi connectivity index (χ3n) is 7.74. The summed E-state index contributed by atoms with van der Waals surface area (Å²) < 4.78 is 12.0. The molecule has 1 atom stereocenters. The molecule has 1 unspecified atom stereocenters. The van der Waals surface area contributed by atoms with Crippen molar-refractivity contribution >= 4 is 45.6 Å². The van der Waals surface area contributed by atoms with E-state index in [4.69, 9.17) is 20.8 Å². The van der Waals surface area contributed by atoms with Gasteiger partial charge in [0.2, 0.25) is 0 Å². The number of aliphatic hydroxyl groups is 1. The predicted octanol–water partition coefficient (Wildman–Crippen LogP) is 7.71. The number of aromatic amines is 1. The van der Waals surface area contributed by atoms with E-state index in [9.17, 15) is 9.90 Å². The highest BCUT2D eigenvalue weighted by Crippen LogP contribution is 2.41. The van der Waals surface area contributed by atoms with Crippen molar-refractivity contribution in [1.82, 2.24) is 4.98 Å². The number of aliphatic hydroxyl groups excluding tert-OH is 1. The summed E-state index contributed by atoms with van der Waals surface area (Å²) in [5.41, 5.74) is 5.39. The molecule has 0 radical (unpaired) electrons. The molecule has 0 saturated heterocycles. The maximum Gasteiger partial charge on any atom is 0.280 e. The number of benzene rings is 3. The second kappa shape index (κ2) is 10.3. The number of nitrogens with one attached hydrogen (secondary N) is 1. The summed E-state index contributed by atoms with van der Waals surface area (Å²) >= 11 is 6.71. The van der Waals surface area contributed by atoms with E-state index < -0.39 is 11.3 Å². The molecule has 6 rings (SSSR count). The van der Waals surface area contributed by atoms with Gasteiger partial charge in [0.15, 0.2) is 0 Å². The molecule has 7 heteroatoms. The lowest BCUT2D eigenvalue weighted by molar-refractivity contribution is 0.0994. The Labute approximate surface area is 237 Å². The highest BCUT2D eigenvalue weighted by atomic mass is 35.5. The number of halogens is 1. The zero-order valence-corrected chi connectivity index (χ0v) is 23.5. The highest BCUT2D eigenvalue weighted by Gasteiger charge is 2.35. The molecular formula is C33H31ClN2O4. The van der Waals surface area contributed by atoms with Gasteiger partial charge in [0, 0.05) is 39.2 Å². The quantitative estimate of drug-likeness (QED) is 0.210. The van der Waals surface area contributed by atoms with E-state index in [0.29, 0.717) is 29.9 Å². The minimum Gasteiger partial charge on any atom is -0.490 e. The van der Waals surface area contributed by atoms with E-state index in [-0.39, 0.29) is 12.7 Å². The fourth-order valence-electron chi connectivity index (χ4n) is 5.57. The van der Waals surface area contributed by atoms with E-state index in [1.807, 2.05) is 69.3 Å². The molecule has 1 aliphatic rings. The van der Waals surface area contributed by atoms with Crippen LogP contribution in [0.1, 0.15) is 47.4 Å². The zero-order chi connectivity index (χ0) is 28.0. The maximum atomic E-state index is 13.6. The third kappa shape index (κ3) is 4.72. The first kappa shape index (κ1) is 26.4. The van der Waals surface area contributed by atoms with Crippen molar-refractivity contribution in [2.45, 2.75) is 46.1 Å². The smallest absolute Gasteiger partial charge is 0.280 e. The number of aromatic nitrogens is 1. The van der Waals surface area contributed by atoms with Crippen molar-refractivity contribution in [3.63, 3.8) is 0 Å². The molecule has 0 fully saturated rings. The van der Waals surface area contributed by atoms with Gasteiger partial charge in [0.05, 0.1) is 23.3 Å². The number of aliphatic imine (C=N–C) groups is 1. The Morgan fingerprint density at radius 3 is 2.80 bits per heavy atom. The lowest BCUT2D eigenvalue weighted by Crippen LogP contribution is -2.34. The van der Waals surface area contributed by atoms with Crippen LogP contribution in [0.2, 0.25) is 5.02 Å². The Morgan fingerprint density at radius 1 is 1.20 bits per heavy atom. The Morgan fingerprint density at radius 2 is 2.02 bits per heavy atom. The summed E-state index contributed by atoms with van der Waals surface area (Å²) in [6.07, 6.45) is 3.43. The van der Waals surface area contributed by atoms with Crippen molar-refractivity contribution in [2.75, 3.05) is 6.61 Å². The molecule has 0 spiro atoms. The monoisotopic (exact) mass is 554 g/mol.